The summed E-state index contributed by atoms with van der Waals surface area (Å²) in [6, 6.07) is 9.81. The zero-order valence-corrected chi connectivity index (χ0v) is 20.1. The molecule has 172 valence electrons. The van der Waals surface area contributed by atoms with Gasteiger partial charge in [-0.05, 0) is 49.6 Å². The van der Waals surface area contributed by atoms with Crippen molar-refractivity contribution in [2.45, 2.75) is 25.5 Å². The fraction of sp³-hybridized carbons (Fsp3) is 0.364. The van der Waals surface area contributed by atoms with Crippen molar-refractivity contribution < 1.29 is 22.7 Å². The molecule has 0 atom stereocenters. The summed E-state index contributed by atoms with van der Waals surface area (Å²) in [6.07, 6.45) is 0.772. The number of rotatable bonds is 6. The van der Waals surface area contributed by atoms with E-state index in [0.29, 0.717) is 39.7 Å². The largest absolute Gasteiger partial charge is 0.465 e. The van der Waals surface area contributed by atoms with Gasteiger partial charge >= 0.3 is 5.97 Å². The fourth-order valence-electron chi connectivity index (χ4n) is 3.58. The lowest BCUT2D eigenvalue weighted by Crippen LogP contribution is -2.42. The Hall–Kier alpha value is -2.13. The van der Waals surface area contributed by atoms with Crippen molar-refractivity contribution in [2.24, 2.45) is 5.92 Å². The first kappa shape index (κ1) is 24.5. The minimum atomic E-state index is -3.63. The molecule has 0 aromatic heterocycles. The number of aryl methyl sites for hydroxylation is 1. The van der Waals surface area contributed by atoms with Crippen molar-refractivity contribution >= 4 is 50.8 Å². The minimum Gasteiger partial charge on any atom is -0.465 e. The van der Waals surface area contributed by atoms with Gasteiger partial charge < -0.3 is 10.1 Å². The van der Waals surface area contributed by atoms with Gasteiger partial charge in [-0.2, -0.15) is 0 Å². The molecule has 0 saturated carbocycles. The maximum atomic E-state index is 12.9. The van der Waals surface area contributed by atoms with Crippen molar-refractivity contribution in [3.8, 4) is 0 Å². The molecule has 1 aliphatic rings. The monoisotopic (exact) mass is 498 g/mol. The number of sulfonamides is 1. The molecule has 3 rings (SSSR count). The van der Waals surface area contributed by atoms with Gasteiger partial charge in [0.15, 0.2) is 0 Å². The number of hydrogen-bond donors (Lipinski definition) is 1. The topological polar surface area (TPSA) is 92.8 Å². The number of piperidine rings is 1. The number of carbonyl (C=O) groups is 2. The number of carbonyl (C=O) groups excluding carboxylic acids is 2. The number of nitrogens with zero attached hydrogens (tertiary/aromatic N) is 1. The van der Waals surface area contributed by atoms with Crippen LogP contribution in [0.2, 0.25) is 10.0 Å². The van der Waals surface area contributed by atoms with Gasteiger partial charge in [-0.25, -0.2) is 17.5 Å². The molecule has 1 fully saturated rings. The smallest absolute Gasteiger partial charge is 0.337 e. The first-order valence-electron chi connectivity index (χ1n) is 10.0. The van der Waals surface area contributed by atoms with Gasteiger partial charge in [0.05, 0.1) is 18.4 Å². The van der Waals surface area contributed by atoms with E-state index in [2.05, 4.69) is 5.32 Å². The maximum Gasteiger partial charge on any atom is 0.337 e. The molecule has 1 N–H and O–H groups in total. The molecule has 0 bridgehead atoms. The van der Waals surface area contributed by atoms with E-state index in [9.17, 15) is 18.0 Å². The number of benzene rings is 2. The van der Waals surface area contributed by atoms with Crippen LogP contribution in [0.3, 0.4) is 0 Å². The molecule has 0 unspecified atom stereocenters. The summed E-state index contributed by atoms with van der Waals surface area (Å²) in [5.74, 6) is -1.33. The molecule has 7 nitrogen and oxygen atoms in total. The molecule has 10 heteroatoms. The maximum absolute atomic E-state index is 12.9. The summed E-state index contributed by atoms with van der Waals surface area (Å²) >= 11 is 12.2. The summed E-state index contributed by atoms with van der Waals surface area (Å²) < 4.78 is 31.8. The van der Waals surface area contributed by atoms with Crippen molar-refractivity contribution in [3.05, 3.63) is 63.1 Å². The van der Waals surface area contributed by atoms with Crippen molar-refractivity contribution in [1.82, 2.24) is 4.31 Å². The average Bonchev–Trinajstić information content (AvgIpc) is 2.77. The zero-order chi connectivity index (χ0) is 23.5. The van der Waals surface area contributed by atoms with Crippen LogP contribution in [0.5, 0.6) is 0 Å². The zero-order valence-electron chi connectivity index (χ0n) is 17.7. The summed E-state index contributed by atoms with van der Waals surface area (Å²) in [5, 5.41) is 3.47. The quantitative estimate of drug-likeness (QED) is 0.600. The third-order valence-electron chi connectivity index (χ3n) is 5.52. The molecule has 0 aliphatic carbocycles. The highest BCUT2D eigenvalue weighted by Gasteiger charge is 2.32. The van der Waals surface area contributed by atoms with Crippen LogP contribution in [0.1, 0.15) is 34.3 Å². The van der Waals surface area contributed by atoms with Gasteiger partial charge in [0.2, 0.25) is 15.9 Å². The van der Waals surface area contributed by atoms with Crippen LogP contribution in [0.25, 0.3) is 0 Å². The molecule has 1 saturated heterocycles. The van der Waals surface area contributed by atoms with E-state index in [0.717, 1.165) is 5.56 Å². The highest BCUT2D eigenvalue weighted by Crippen LogP contribution is 2.29. The van der Waals surface area contributed by atoms with Gasteiger partial charge in [0, 0.05) is 40.3 Å². The number of esters is 1. The normalized spacial score (nSPS) is 15.4. The van der Waals surface area contributed by atoms with E-state index in [1.807, 2.05) is 6.92 Å². The van der Waals surface area contributed by atoms with Gasteiger partial charge in [-0.15, -0.1) is 0 Å². The van der Waals surface area contributed by atoms with E-state index in [1.54, 1.807) is 36.4 Å². The molecular weight excluding hydrogens is 475 g/mol. The van der Waals surface area contributed by atoms with E-state index in [1.165, 1.54) is 11.4 Å². The Labute approximate surface area is 197 Å². The first-order chi connectivity index (χ1) is 15.1. The Balaban J connectivity index is 1.63. The minimum absolute atomic E-state index is 0.207. The van der Waals surface area contributed by atoms with Crippen LogP contribution in [-0.4, -0.2) is 44.8 Å². The SMILES string of the molecule is COC(=O)c1ccc(C)c(NC(=O)C2CCN(S(=O)(=O)Cc3c(Cl)cccc3Cl)CC2)c1. The summed E-state index contributed by atoms with van der Waals surface area (Å²) in [7, 11) is -2.34. The number of halogens is 2. The predicted octanol–water partition coefficient (Wildman–Crippen LogP) is 4.27. The number of anilines is 1. The Morgan fingerprint density at radius 3 is 2.34 bits per heavy atom. The van der Waals surface area contributed by atoms with Crippen molar-refractivity contribution in [1.29, 1.82) is 0 Å². The van der Waals surface area contributed by atoms with Gasteiger partial charge in [0.25, 0.3) is 0 Å². The third kappa shape index (κ3) is 5.61. The molecule has 1 amide bonds. The molecule has 1 aliphatic heterocycles. The van der Waals surface area contributed by atoms with Crippen molar-refractivity contribution in [2.75, 3.05) is 25.5 Å². The second kappa shape index (κ2) is 10.2. The lowest BCUT2D eigenvalue weighted by atomic mass is 9.97. The molecule has 32 heavy (non-hydrogen) atoms. The lowest BCUT2D eigenvalue weighted by Gasteiger charge is -2.31. The van der Waals surface area contributed by atoms with E-state index in [-0.39, 0.29) is 30.7 Å². The van der Waals surface area contributed by atoms with E-state index >= 15 is 0 Å². The average molecular weight is 499 g/mol. The highest BCUT2D eigenvalue weighted by molar-refractivity contribution is 7.88. The Bertz CT molecular complexity index is 1110. The van der Waals surface area contributed by atoms with Crippen LogP contribution in [-0.2, 0) is 25.3 Å². The Morgan fingerprint density at radius 1 is 1.12 bits per heavy atom. The van der Waals surface area contributed by atoms with Crippen LogP contribution < -0.4 is 5.32 Å². The molecular formula is C22H24Cl2N2O5S. The van der Waals surface area contributed by atoms with E-state index in [4.69, 9.17) is 27.9 Å². The second-order valence-corrected chi connectivity index (χ2v) is 10.4. The van der Waals surface area contributed by atoms with Crippen LogP contribution in [0.4, 0.5) is 5.69 Å². The third-order valence-corrected chi connectivity index (χ3v) is 8.04. The number of amides is 1. The Kier molecular flexibility index (Phi) is 7.82. The highest BCUT2D eigenvalue weighted by atomic mass is 35.5. The molecule has 2 aromatic rings. The number of ether oxygens (including phenoxy) is 1. The molecule has 2 aromatic carbocycles. The van der Waals surface area contributed by atoms with Crippen LogP contribution in [0.15, 0.2) is 36.4 Å². The first-order valence-corrected chi connectivity index (χ1v) is 12.4. The summed E-state index contributed by atoms with van der Waals surface area (Å²) in [6.45, 7) is 2.28. The number of hydrogen-bond acceptors (Lipinski definition) is 5. The van der Waals surface area contributed by atoms with Gasteiger partial charge in [-0.1, -0.05) is 35.3 Å². The molecule has 0 spiro atoms. The fourth-order valence-corrected chi connectivity index (χ4v) is 5.89. The van der Waals surface area contributed by atoms with E-state index < -0.39 is 16.0 Å². The van der Waals surface area contributed by atoms with Gasteiger partial charge in [-0.3, -0.25) is 4.79 Å². The number of methoxy groups -OCH3 is 1. The molecule has 1 heterocycles. The summed E-state index contributed by atoms with van der Waals surface area (Å²) in [4.78, 5) is 24.5. The lowest BCUT2D eigenvalue weighted by molar-refractivity contribution is -0.120. The Morgan fingerprint density at radius 2 is 1.75 bits per heavy atom. The van der Waals surface area contributed by atoms with Crippen LogP contribution in [0, 0.1) is 12.8 Å². The van der Waals surface area contributed by atoms with Crippen LogP contribution >= 0.6 is 23.2 Å². The standard InChI is InChI=1S/C22H24Cl2N2O5S/c1-14-6-7-16(22(28)31-2)12-20(14)25-21(27)15-8-10-26(11-9-15)32(29,30)13-17-18(23)4-3-5-19(17)24/h3-7,12,15H,8-11,13H2,1-2H3,(H,25,27). The predicted molar refractivity (Wildman–Crippen MR) is 125 cm³/mol. The van der Waals surface area contributed by atoms with Gasteiger partial charge in [0.1, 0.15) is 0 Å². The molecule has 0 radical (unpaired) electrons. The van der Waals surface area contributed by atoms with Crippen molar-refractivity contribution in [3.63, 3.8) is 0 Å². The number of nitrogens with one attached hydrogen (secondary N) is 1. The second-order valence-electron chi connectivity index (χ2n) is 7.64. The summed E-state index contributed by atoms with van der Waals surface area (Å²) in [5.41, 5.74) is 2.05.